The third-order valence-electron chi connectivity index (χ3n) is 5.19. The Morgan fingerprint density at radius 2 is 1.77 bits per heavy atom. The van der Waals surface area contributed by atoms with E-state index in [2.05, 4.69) is 10.6 Å². The Labute approximate surface area is 177 Å². The molecule has 0 saturated carbocycles. The zero-order chi connectivity index (χ0) is 20.7. The number of halogens is 2. The van der Waals surface area contributed by atoms with Gasteiger partial charge >= 0.3 is 0 Å². The zero-order valence-corrected chi connectivity index (χ0v) is 16.5. The molecular formula is C23H18ClFN2O3. The molecule has 30 heavy (non-hydrogen) atoms. The molecule has 5 rings (SSSR count). The molecule has 2 unspecified atom stereocenters. The average Bonchev–Trinajstić information content (AvgIpc) is 3.23. The predicted molar refractivity (Wildman–Crippen MR) is 112 cm³/mol. The molecule has 3 aromatic carbocycles. The number of phenols is 1. The maximum Gasteiger partial charge on any atom is 0.231 e. The summed E-state index contributed by atoms with van der Waals surface area (Å²) in [5, 5.41) is 17.8. The molecule has 7 heteroatoms. The molecule has 3 N–H and O–H groups in total. The fourth-order valence-corrected chi connectivity index (χ4v) is 3.85. The zero-order valence-electron chi connectivity index (χ0n) is 15.7. The monoisotopic (exact) mass is 424 g/mol. The van der Waals surface area contributed by atoms with Crippen LogP contribution in [0.3, 0.4) is 0 Å². The number of nitrogens with one attached hydrogen (secondary N) is 2. The molecule has 0 radical (unpaired) electrons. The lowest BCUT2D eigenvalue weighted by Gasteiger charge is -2.33. The summed E-state index contributed by atoms with van der Waals surface area (Å²) < 4.78 is 24.3. The third-order valence-corrected chi connectivity index (χ3v) is 5.43. The van der Waals surface area contributed by atoms with Crippen molar-refractivity contribution >= 4 is 17.3 Å². The highest BCUT2D eigenvalue weighted by atomic mass is 35.5. The van der Waals surface area contributed by atoms with Gasteiger partial charge in [-0.3, -0.25) is 5.32 Å². The molecule has 0 spiro atoms. The van der Waals surface area contributed by atoms with Crippen LogP contribution in [0.4, 0.5) is 4.39 Å². The normalized spacial score (nSPS) is 19.9. The van der Waals surface area contributed by atoms with Gasteiger partial charge in [-0.1, -0.05) is 23.7 Å². The van der Waals surface area contributed by atoms with Crippen molar-refractivity contribution in [3.05, 3.63) is 94.3 Å². The molecule has 2 heterocycles. The molecule has 5 nitrogen and oxygen atoms in total. The SMILES string of the molecule is Oc1ccc(Cl)cc1C1C=C(c2ccc3c(c2)OCO3)NC(c2ccc(F)cc2)N1. The van der Waals surface area contributed by atoms with Crippen molar-refractivity contribution < 1.29 is 19.0 Å². The van der Waals surface area contributed by atoms with E-state index in [0.717, 1.165) is 16.8 Å². The molecule has 2 atom stereocenters. The number of hydrogen-bond acceptors (Lipinski definition) is 5. The first-order valence-corrected chi connectivity index (χ1v) is 9.83. The summed E-state index contributed by atoms with van der Waals surface area (Å²) in [7, 11) is 0. The first-order chi connectivity index (χ1) is 14.6. The van der Waals surface area contributed by atoms with Crippen molar-refractivity contribution in [1.82, 2.24) is 10.6 Å². The predicted octanol–water partition coefficient (Wildman–Crippen LogP) is 4.89. The van der Waals surface area contributed by atoms with Gasteiger partial charge in [0.05, 0.1) is 6.04 Å². The van der Waals surface area contributed by atoms with E-state index in [1.165, 1.54) is 12.1 Å². The average molecular weight is 425 g/mol. The van der Waals surface area contributed by atoms with Crippen molar-refractivity contribution in [2.75, 3.05) is 6.79 Å². The third kappa shape index (κ3) is 3.56. The number of hydrogen-bond donors (Lipinski definition) is 3. The largest absolute Gasteiger partial charge is 0.508 e. The highest BCUT2D eigenvalue weighted by Gasteiger charge is 2.26. The lowest BCUT2D eigenvalue weighted by molar-refractivity contribution is 0.174. The van der Waals surface area contributed by atoms with E-state index >= 15 is 0 Å². The molecule has 0 aliphatic carbocycles. The minimum atomic E-state index is -0.333. The van der Waals surface area contributed by atoms with Gasteiger partial charge in [0, 0.05) is 21.8 Å². The van der Waals surface area contributed by atoms with E-state index in [0.29, 0.717) is 22.1 Å². The summed E-state index contributed by atoms with van der Waals surface area (Å²) in [6.07, 6.45) is 1.66. The summed E-state index contributed by atoms with van der Waals surface area (Å²) in [5.74, 6) is 1.21. The summed E-state index contributed by atoms with van der Waals surface area (Å²) in [5.41, 5.74) is 3.24. The van der Waals surface area contributed by atoms with Gasteiger partial charge in [-0.05, 0) is 60.2 Å². The number of rotatable bonds is 3. The molecular weight excluding hydrogens is 407 g/mol. The van der Waals surface area contributed by atoms with Crippen LogP contribution in [0.15, 0.2) is 66.7 Å². The van der Waals surface area contributed by atoms with E-state index in [9.17, 15) is 9.50 Å². The Kier molecular flexibility index (Phi) is 4.73. The highest BCUT2D eigenvalue weighted by molar-refractivity contribution is 6.30. The summed E-state index contributed by atoms with van der Waals surface area (Å²) in [6.45, 7) is 0.198. The quantitative estimate of drug-likeness (QED) is 0.559. The molecule has 2 aliphatic rings. The first kappa shape index (κ1) is 18.8. The van der Waals surface area contributed by atoms with Crippen LogP contribution in [-0.2, 0) is 0 Å². The number of ether oxygens (including phenoxy) is 2. The van der Waals surface area contributed by atoms with Gasteiger partial charge in [0.1, 0.15) is 17.7 Å². The van der Waals surface area contributed by atoms with Gasteiger partial charge in [-0.25, -0.2) is 4.39 Å². The lowest BCUT2D eigenvalue weighted by Crippen LogP contribution is -2.39. The van der Waals surface area contributed by atoms with Crippen LogP contribution in [0.25, 0.3) is 5.70 Å². The molecule has 0 fully saturated rings. The second kappa shape index (κ2) is 7.55. The van der Waals surface area contributed by atoms with Gasteiger partial charge in [-0.15, -0.1) is 0 Å². The van der Waals surface area contributed by atoms with Gasteiger partial charge < -0.3 is 19.9 Å². The smallest absolute Gasteiger partial charge is 0.231 e. The van der Waals surface area contributed by atoms with Crippen molar-refractivity contribution in [1.29, 1.82) is 0 Å². The standard InChI is InChI=1S/C23H18ClFN2O3/c24-15-4-7-20(28)17(10-15)19-11-18(14-3-8-21-22(9-14)30-12-29-21)26-23(27-19)13-1-5-16(25)6-2-13/h1-11,19,23,26-28H,12H2. The fraction of sp³-hybridized carbons (Fsp3) is 0.130. The van der Waals surface area contributed by atoms with Crippen molar-refractivity contribution in [3.8, 4) is 17.2 Å². The Morgan fingerprint density at radius 3 is 2.60 bits per heavy atom. The minimum absolute atomic E-state index is 0.137. The molecule has 2 aliphatic heterocycles. The van der Waals surface area contributed by atoms with E-state index < -0.39 is 0 Å². The molecule has 3 aromatic rings. The van der Waals surface area contributed by atoms with E-state index in [1.54, 1.807) is 30.3 Å². The van der Waals surface area contributed by atoms with Gasteiger partial charge in [0.2, 0.25) is 6.79 Å². The van der Waals surface area contributed by atoms with Crippen LogP contribution in [0.5, 0.6) is 17.2 Å². The van der Waals surface area contributed by atoms with Crippen LogP contribution >= 0.6 is 11.6 Å². The Morgan fingerprint density at radius 1 is 0.967 bits per heavy atom. The molecule has 0 saturated heterocycles. The Hall–Kier alpha value is -3.22. The van der Waals surface area contributed by atoms with Crippen molar-refractivity contribution in [2.45, 2.75) is 12.2 Å². The van der Waals surface area contributed by atoms with Crippen LogP contribution in [0.2, 0.25) is 5.02 Å². The lowest BCUT2D eigenvalue weighted by atomic mass is 9.97. The molecule has 0 bridgehead atoms. The van der Waals surface area contributed by atoms with Crippen molar-refractivity contribution in [3.63, 3.8) is 0 Å². The first-order valence-electron chi connectivity index (χ1n) is 9.45. The number of fused-ring (bicyclic) bond motifs is 1. The molecule has 0 aromatic heterocycles. The second-order valence-corrected chi connectivity index (χ2v) is 7.56. The fourth-order valence-electron chi connectivity index (χ4n) is 3.67. The van der Waals surface area contributed by atoms with Gasteiger partial charge in [-0.2, -0.15) is 0 Å². The number of aromatic hydroxyl groups is 1. The van der Waals surface area contributed by atoms with Crippen LogP contribution in [0, 0.1) is 5.82 Å². The maximum absolute atomic E-state index is 13.4. The van der Waals surface area contributed by atoms with Crippen LogP contribution in [0.1, 0.15) is 28.9 Å². The van der Waals surface area contributed by atoms with Gasteiger partial charge in [0.25, 0.3) is 0 Å². The maximum atomic E-state index is 13.4. The number of phenolic OH excluding ortho intramolecular Hbond substituents is 1. The summed E-state index contributed by atoms with van der Waals surface area (Å²) in [6, 6.07) is 16.6. The Balaban J connectivity index is 1.57. The molecule has 152 valence electrons. The number of benzene rings is 3. The summed E-state index contributed by atoms with van der Waals surface area (Å²) >= 11 is 6.18. The topological polar surface area (TPSA) is 62.8 Å². The van der Waals surface area contributed by atoms with E-state index in [-0.39, 0.29) is 30.6 Å². The molecule has 0 amide bonds. The second-order valence-electron chi connectivity index (χ2n) is 7.12. The van der Waals surface area contributed by atoms with Crippen LogP contribution in [-0.4, -0.2) is 11.9 Å². The highest BCUT2D eigenvalue weighted by Crippen LogP contribution is 2.38. The Bertz CT molecular complexity index is 1130. The minimum Gasteiger partial charge on any atom is -0.508 e. The van der Waals surface area contributed by atoms with Gasteiger partial charge in [0.15, 0.2) is 11.5 Å². The van der Waals surface area contributed by atoms with E-state index in [4.69, 9.17) is 21.1 Å². The van der Waals surface area contributed by atoms with Crippen molar-refractivity contribution in [2.24, 2.45) is 0 Å². The van der Waals surface area contributed by atoms with Crippen LogP contribution < -0.4 is 20.1 Å². The summed E-state index contributed by atoms with van der Waals surface area (Å²) in [4.78, 5) is 0. The van der Waals surface area contributed by atoms with E-state index in [1.807, 2.05) is 24.3 Å².